The Morgan fingerprint density at radius 2 is 1.75 bits per heavy atom. The van der Waals surface area contributed by atoms with Crippen LogP contribution in [0.5, 0.6) is 0 Å². The molecule has 2 rings (SSSR count). The second-order valence-corrected chi connectivity index (χ2v) is 7.29. The van der Waals surface area contributed by atoms with Gasteiger partial charge in [-0.05, 0) is 51.7 Å². The van der Waals surface area contributed by atoms with Gasteiger partial charge in [-0.15, -0.1) is 0 Å². The predicted molar refractivity (Wildman–Crippen MR) is 83.5 cm³/mol. The summed E-state index contributed by atoms with van der Waals surface area (Å²) in [6.45, 7) is 12.4. The highest BCUT2D eigenvalue weighted by Crippen LogP contribution is 2.36. The fraction of sp³-hybridized carbons (Fsp3) is 0.667. The molecule has 1 aliphatic heterocycles. The van der Waals surface area contributed by atoms with Crippen LogP contribution < -0.4 is 5.59 Å². The summed E-state index contributed by atoms with van der Waals surface area (Å²) >= 11 is 6.34. The number of rotatable bonds is 3. The molecule has 1 fully saturated rings. The molecule has 1 aromatic rings. The van der Waals surface area contributed by atoms with Crippen LogP contribution in [0.15, 0.2) is 12.3 Å². The Hall–Kier alpha value is -0.575. The van der Waals surface area contributed by atoms with E-state index in [0.29, 0.717) is 5.92 Å². The number of hydrogen-bond donors (Lipinski definition) is 0. The first-order valence-corrected chi connectivity index (χ1v) is 7.50. The van der Waals surface area contributed by atoms with E-state index in [4.69, 9.17) is 20.9 Å². The lowest BCUT2D eigenvalue weighted by molar-refractivity contribution is 0.00578. The standard InChI is InChI=1S/C15H23BClNO2/c1-10(2)7-11-9-18-13(8-12(11)17)16-19-14(3,4)15(5,6)20-16/h8-10H,7H2,1-6H3. The van der Waals surface area contributed by atoms with Gasteiger partial charge in [0.15, 0.2) is 0 Å². The van der Waals surface area contributed by atoms with E-state index in [1.807, 2.05) is 40.0 Å². The first kappa shape index (κ1) is 15.8. The summed E-state index contributed by atoms with van der Waals surface area (Å²) in [5.41, 5.74) is 1.09. The van der Waals surface area contributed by atoms with Crippen LogP contribution in [0, 0.1) is 5.92 Å². The number of pyridine rings is 1. The van der Waals surface area contributed by atoms with Gasteiger partial charge < -0.3 is 9.31 Å². The Labute approximate surface area is 127 Å². The maximum absolute atomic E-state index is 6.34. The van der Waals surface area contributed by atoms with Gasteiger partial charge in [0.2, 0.25) is 0 Å². The van der Waals surface area contributed by atoms with E-state index in [1.165, 1.54) is 0 Å². The van der Waals surface area contributed by atoms with E-state index in [-0.39, 0.29) is 11.2 Å². The molecule has 20 heavy (non-hydrogen) atoms. The van der Waals surface area contributed by atoms with Crippen molar-refractivity contribution < 1.29 is 9.31 Å². The Morgan fingerprint density at radius 1 is 1.20 bits per heavy atom. The normalized spacial score (nSPS) is 20.7. The molecule has 0 atom stereocenters. The minimum atomic E-state index is -0.453. The summed E-state index contributed by atoms with van der Waals surface area (Å²) in [5, 5.41) is 0.735. The van der Waals surface area contributed by atoms with E-state index in [9.17, 15) is 0 Å². The van der Waals surface area contributed by atoms with Crippen LogP contribution in [0.25, 0.3) is 0 Å². The van der Waals surface area contributed by atoms with Gasteiger partial charge in [-0.25, -0.2) is 0 Å². The smallest absolute Gasteiger partial charge is 0.398 e. The molecule has 0 saturated carbocycles. The van der Waals surface area contributed by atoms with Gasteiger partial charge in [0.05, 0.1) is 16.8 Å². The van der Waals surface area contributed by atoms with E-state index in [2.05, 4.69) is 18.8 Å². The lowest BCUT2D eigenvalue weighted by Gasteiger charge is -2.32. The third-order valence-corrected chi connectivity index (χ3v) is 4.43. The van der Waals surface area contributed by atoms with Crippen LogP contribution in [0.3, 0.4) is 0 Å². The van der Waals surface area contributed by atoms with E-state index in [1.54, 1.807) is 0 Å². The largest absolute Gasteiger partial charge is 0.514 e. The molecule has 0 radical (unpaired) electrons. The van der Waals surface area contributed by atoms with Crippen molar-refractivity contribution in [3.05, 3.63) is 22.8 Å². The second-order valence-electron chi connectivity index (χ2n) is 6.89. The van der Waals surface area contributed by atoms with Crippen molar-refractivity contribution in [2.24, 2.45) is 5.92 Å². The Morgan fingerprint density at radius 3 is 2.20 bits per heavy atom. The monoisotopic (exact) mass is 295 g/mol. The quantitative estimate of drug-likeness (QED) is 0.802. The van der Waals surface area contributed by atoms with E-state index in [0.717, 1.165) is 22.6 Å². The number of hydrogen-bond acceptors (Lipinski definition) is 3. The number of nitrogens with zero attached hydrogens (tertiary/aromatic N) is 1. The molecule has 1 aliphatic rings. The molecular formula is C15H23BClNO2. The Kier molecular flexibility index (Phi) is 4.21. The molecule has 0 N–H and O–H groups in total. The minimum Gasteiger partial charge on any atom is -0.398 e. The molecule has 0 aliphatic carbocycles. The van der Waals surface area contributed by atoms with Gasteiger partial charge in [0.25, 0.3) is 0 Å². The zero-order valence-electron chi connectivity index (χ0n) is 13.2. The van der Waals surface area contributed by atoms with Crippen molar-refractivity contribution in [1.29, 1.82) is 0 Å². The zero-order chi connectivity index (χ0) is 15.1. The molecule has 3 nitrogen and oxygen atoms in total. The topological polar surface area (TPSA) is 31.4 Å². The fourth-order valence-electron chi connectivity index (χ4n) is 2.16. The SMILES string of the molecule is CC(C)Cc1cnc(B2OC(C)(C)C(C)(C)O2)cc1Cl. The lowest BCUT2D eigenvalue weighted by Crippen LogP contribution is -2.41. The highest BCUT2D eigenvalue weighted by Gasteiger charge is 2.52. The molecule has 0 unspecified atom stereocenters. The first-order valence-electron chi connectivity index (χ1n) is 7.12. The molecule has 1 saturated heterocycles. The molecule has 0 bridgehead atoms. The van der Waals surface area contributed by atoms with Crippen molar-refractivity contribution in [1.82, 2.24) is 4.98 Å². The van der Waals surface area contributed by atoms with Crippen LogP contribution >= 0.6 is 11.6 Å². The third kappa shape index (κ3) is 3.02. The van der Waals surface area contributed by atoms with E-state index < -0.39 is 7.12 Å². The van der Waals surface area contributed by atoms with Crippen molar-refractivity contribution in [2.75, 3.05) is 0 Å². The van der Waals surface area contributed by atoms with Gasteiger partial charge in [0, 0.05) is 11.2 Å². The molecule has 0 amide bonds. The van der Waals surface area contributed by atoms with Crippen molar-refractivity contribution in [2.45, 2.75) is 59.2 Å². The Bertz CT molecular complexity index is 487. The van der Waals surface area contributed by atoms with Gasteiger partial charge in [-0.3, -0.25) is 4.98 Å². The van der Waals surface area contributed by atoms with Gasteiger partial charge >= 0.3 is 7.12 Å². The minimum absolute atomic E-state index is 0.359. The van der Waals surface area contributed by atoms with Crippen LogP contribution in [-0.2, 0) is 15.7 Å². The summed E-state index contributed by atoms with van der Waals surface area (Å²) < 4.78 is 12.0. The summed E-state index contributed by atoms with van der Waals surface area (Å²) in [5.74, 6) is 0.553. The molecule has 1 aromatic heterocycles. The van der Waals surface area contributed by atoms with Gasteiger partial charge in [0.1, 0.15) is 0 Å². The van der Waals surface area contributed by atoms with Crippen LogP contribution in [0.2, 0.25) is 5.02 Å². The average Bonchev–Trinajstić information content (AvgIpc) is 2.50. The second kappa shape index (κ2) is 5.32. The van der Waals surface area contributed by atoms with Crippen LogP contribution in [-0.4, -0.2) is 23.3 Å². The maximum atomic E-state index is 6.34. The predicted octanol–water partition coefficient (Wildman–Crippen LogP) is 3.23. The Balaban J connectivity index is 2.22. The summed E-state index contributed by atoms with van der Waals surface area (Å²) in [6, 6.07) is 1.86. The highest BCUT2D eigenvalue weighted by atomic mass is 35.5. The van der Waals surface area contributed by atoms with Gasteiger partial charge in [-0.1, -0.05) is 25.4 Å². The molecule has 110 valence electrons. The summed E-state index contributed by atoms with van der Waals surface area (Å²) in [6.07, 6.45) is 2.76. The van der Waals surface area contributed by atoms with Crippen molar-refractivity contribution >= 4 is 24.3 Å². The van der Waals surface area contributed by atoms with Crippen molar-refractivity contribution in [3.8, 4) is 0 Å². The molecule has 5 heteroatoms. The summed E-state index contributed by atoms with van der Waals surface area (Å²) in [7, 11) is -0.453. The molecule has 2 heterocycles. The molecular weight excluding hydrogens is 272 g/mol. The van der Waals surface area contributed by atoms with Gasteiger partial charge in [-0.2, -0.15) is 0 Å². The highest BCUT2D eigenvalue weighted by molar-refractivity contribution is 6.61. The van der Waals surface area contributed by atoms with Crippen molar-refractivity contribution in [3.63, 3.8) is 0 Å². The van der Waals surface area contributed by atoms with Crippen LogP contribution in [0.1, 0.15) is 47.1 Å². The molecule has 0 aromatic carbocycles. The number of halogens is 1. The van der Waals surface area contributed by atoms with Crippen LogP contribution in [0.4, 0.5) is 0 Å². The molecule has 0 spiro atoms. The number of aromatic nitrogens is 1. The third-order valence-electron chi connectivity index (χ3n) is 4.07. The fourth-order valence-corrected chi connectivity index (χ4v) is 2.39. The zero-order valence-corrected chi connectivity index (χ0v) is 13.9. The summed E-state index contributed by atoms with van der Waals surface area (Å²) in [4.78, 5) is 4.47. The maximum Gasteiger partial charge on any atom is 0.514 e. The first-order chi connectivity index (χ1) is 9.12. The average molecular weight is 296 g/mol. The van der Waals surface area contributed by atoms with E-state index >= 15 is 0 Å². The lowest BCUT2D eigenvalue weighted by atomic mass is 9.84.